The third kappa shape index (κ3) is 4.02. The summed E-state index contributed by atoms with van der Waals surface area (Å²) in [6.07, 6.45) is 3.78. The van der Waals surface area contributed by atoms with Crippen molar-refractivity contribution < 1.29 is 13.2 Å². The number of aryl methyl sites for hydroxylation is 2. The normalized spacial score (nSPS) is 14.9. The minimum Gasteiger partial charge on any atom is -0.324 e. The molecule has 0 aliphatic carbocycles. The molecule has 1 aliphatic rings. The van der Waals surface area contributed by atoms with Gasteiger partial charge in [0.2, 0.25) is 15.9 Å². The van der Waals surface area contributed by atoms with Gasteiger partial charge in [-0.2, -0.15) is 4.31 Å². The number of anilines is 1. The first-order chi connectivity index (χ1) is 13.3. The molecule has 0 radical (unpaired) electrons. The van der Waals surface area contributed by atoms with E-state index in [1.807, 2.05) is 32.0 Å². The predicted molar refractivity (Wildman–Crippen MR) is 108 cm³/mol. The van der Waals surface area contributed by atoms with Crippen molar-refractivity contribution in [3.8, 4) is 0 Å². The number of hydrogen-bond acceptors (Lipinski definition) is 4. The molecule has 0 unspecified atom stereocenters. The summed E-state index contributed by atoms with van der Waals surface area (Å²) < 4.78 is 27.9. The SMILES string of the molecule is CCc1cccc(C)c1NC(=O)Cn1cccc(S(=O)(=O)N2CCCC2)c1=O. The summed E-state index contributed by atoms with van der Waals surface area (Å²) in [5.41, 5.74) is 2.01. The van der Waals surface area contributed by atoms with Crippen LogP contribution in [0, 0.1) is 6.92 Å². The van der Waals surface area contributed by atoms with Gasteiger partial charge in [0.05, 0.1) is 0 Å². The summed E-state index contributed by atoms with van der Waals surface area (Å²) in [5, 5.41) is 2.86. The Kier molecular flexibility index (Phi) is 6.00. The Hall–Kier alpha value is -2.45. The van der Waals surface area contributed by atoms with E-state index in [1.165, 1.54) is 22.6 Å². The monoisotopic (exact) mass is 403 g/mol. The van der Waals surface area contributed by atoms with Gasteiger partial charge in [-0.05, 0) is 49.4 Å². The first kappa shape index (κ1) is 20.3. The Bertz CT molecular complexity index is 1040. The lowest BCUT2D eigenvalue weighted by Gasteiger charge is -2.16. The van der Waals surface area contributed by atoms with E-state index in [2.05, 4.69) is 5.32 Å². The second kappa shape index (κ2) is 8.28. The van der Waals surface area contributed by atoms with Crippen LogP contribution in [0.1, 0.15) is 30.9 Å². The lowest BCUT2D eigenvalue weighted by molar-refractivity contribution is -0.116. The van der Waals surface area contributed by atoms with Gasteiger partial charge in [0.25, 0.3) is 5.56 Å². The van der Waals surface area contributed by atoms with Crippen molar-refractivity contribution in [2.24, 2.45) is 0 Å². The number of nitrogens with one attached hydrogen (secondary N) is 1. The molecule has 0 bridgehead atoms. The van der Waals surface area contributed by atoms with Crippen molar-refractivity contribution in [1.82, 2.24) is 8.87 Å². The first-order valence-electron chi connectivity index (χ1n) is 9.42. The summed E-state index contributed by atoms with van der Waals surface area (Å²) in [6.45, 7) is 4.50. The van der Waals surface area contributed by atoms with Crippen LogP contribution in [0.5, 0.6) is 0 Å². The highest BCUT2D eigenvalue weighted by Gasteiger charge is 2.30. The van der Waals surface area contributed by atoms with E-state index >= 15 is 0 Å². The van der Waals surface area contributed by atoms with E-state index in [0.29, 0.717) is 13.1 Å². The van der Waals surface area contributed by atoms with Crippen LogP contribution < -0.4 is 10.9 Å². The minimum absolute atomic E-state index is 0.250. The van der Waals surface area contributed by atoms with Gasteiger partial charge >= 0.3 is 0 Å². The van der Waals surface area contributed by atoms with Gasteiger partial charge in [-0.1, -0.05) is 25.1 Å². The molecule has 0 atom stereocenters. The van der Waals surface area contributed by atoms with Crippen LogP contribution in [-0.4, -0.2) is 36.3 Å². The van der Waals surface area contributed by atoms with Crippen LogP contribution in [-0.2, 0) is 27.8 Å². The van der Waals surface area contributed by atoms with E-state index in [4.69, 9.17) is 0 Å². The molecule has 1 aliphatic heterocycles. The number of benzene rings is 1. The summed E-state index contributed by atoms with van der Waals surface area (Å²) in [7, 11) is -3.84. The van der Waals surface area contributed by atoms with Crippen LogP contribution in [0.2, 0.25) is 0 Å². The quantitative estimate of drug-likeness (QED) is 0.800. The number of sulfonamides is 1. The molecule has 1 saturated heterocycles. The summed E-state index contributed by atoms with van der Waals surface area (Å²) >= 11 is 0. The molecular weight excluding hydrogens is 378 g/mol. The van der Waals surface area contributed by atoms with Crippen LogP contribution in [0.3, 0.4) is 0 Å². The molecule has 1 aromatic carbocycles. The number of pyridine rings is 1. The van der Waals surface area contributed by atoms with Crippen LogP contribution in [0.4, 0.5) is 5.69 Å². The third-order valence-electron chi connectivity index (χ3n) is 4.99. The fraction of sp³-hybridized carbons (Fsp3) is 0.400. The number of para-hydroxylation sites is 1. The smallest absolute Gasteiger partial charge is 0.271 e. The lowest BCUT2D eigenvalue weighted by Crippen LogP contribution is -2.36. The second-order valence-electron chi connectivity index (χ2n) is 6.93. The van der Waals surface area contributed by atoms with Crippen LogP contribution in [0.15, 0.2) is 46.2 Å². The lowest BCUT2D eigenvalue weighted by atomic mass is 10.1. The van der Waals surface area contributed by atoms with Crippen LogP contribution >= 0.6 is 0 Å². The number of hydrogen-bond donors (Lipinski definition) is 1. The largest absolute Gasteiger partial charge is 0.324 e. The second-order valence-corrected chi connectivity index (χ2v) is 8.83. The predicted octanol–water partition coefficient (Wildman–Crippen LogP) is 2.14. The van der Waals surface area contributed by atoms with Crippen molar-refractivity contribution in [2.45, 2.75) is 44.6 Å². The molecule has 1 fully saturated rings. The third-order valence-corrected chi connectivity index (χ3v) is 6.90. The number of amides is 1. The van der Waals surface area contributed by atoms with Crippen molar-refractivity contribution in [3.05, 3.63) is 58.0 Å². The first-order valence-corrected chi connectivity index (χ1v) is 10.9. The molecule has 0 saturated carbocycles. The Balaban J connectivity index is 1.84. The highest BCUT2D eigenvalue weighted by molar-refractivity contribution is 7.89. The molecule has 1 amide bonds. The fourth-order valence-corrected chi connectivity index (χ4v) is 5.04. The highest BCUT2D eigenvalue weighted by Crippen LogP contribution is 2.21. The van der Waals surface area contributed by atoms with Gasteiger partial charge in [0.1, 0.15) is 11.4 Å². The van der Waals surface area contributed by atoms with Crippen LogP contribution in [0.25, 0.3) is 0 Å². The fourth-order valence-electron chi connectivity index (χ4n) is 3.44. The maximum Gasteiger partial charge on any atom is 0.271 e. The summed E-state index contributed by atoms with van der Waals surface area (Å²) in [5.74, 6) is -0.373. The molecule has 28 heavy (non-hydrogen) atoms. The standard InChI is InChI=1S/C20H25N3O4S/c1-3-16-9-6-8-15(2)19(16)21-18(24)14-22-11-7-10-17(20(22)25)28(26,27)23-12-4-5-13-23/h6-11H,3-5,12-14H2,1-2H3,(H,21,24). The Morgan fingerprint density at radius 1 is 1.14 bits per heavy atom. The van der Waals surface area contributed by atoms with Gasteiger partial charge in [-0.15, -0.1) is 0 Å². The molecular formula is C20H25N3O4S. The molecule has 7 nitrogen and oxygen atoms in total. The zero-order valence-corrected chi connectivity index (χ0v) is 17.0. The molecule has 1 aromatic heterocycles. The zero-order valence-electron chi connectivity index (χ0n) is 16.1. The molecule has 2 heterocycles. The van der Waals surface area contributed by atoms with E-state index in [1.54, 1.807) is 0 Å². The van der Waals surface area contributed by atoms with Crippen molar-refractivity contribution in [1.29, 1.82) is 0 Å². The van der Waals surface area contributed by atoms with E-state index < -0.39 is 15.6 Å². The van der Waals surface area contributed by atoms with Crippen molar-refractivity contribution in [2.75, 3.05) is 18.4 Å². The zero-order chi connectivity index (χ0) is 20.3. The number of rotatable bonds is 6. The summed E-state index contributed by atoms with van der Waals surface area (Å²) in [6, 6.07) is 8.58. The Labute approximate surface area is 165 Å². The van der Waals surface area contributed by atoms with Gasteiger partial charge < -0.3 is 9.88 Å². The molecule has 2 aromatic rings. The Morgan fingerprint density at radius 3 is 2.54 bits per heavy atom. The number of aromatic nitrogens is 1. The van der Waals surface area contributed by atoms with Gasteiger partial charge in [0, 0.05) is 25.0 Å². The topological polar surface area (TPSA) is 88.5 Å². The molecule has 3 rings (SSSR count). The maximum absolute atomic E-state index is 12.7. The summed E-state index contributed by atoms with van der Waals surface area (Å²) in [4.78, 5) is 25.0. The molecule has 1 N–H and O–H groups in total. The number of carbonyl (C=O) groups excluding carboxylic acids is 1. The van der Waals surface area contributed by atoms with E-state index in [-0.39, 0.29) is 17.3 Å². The van der Waals surface area contributed by atoms with Crippen molar-refractivity contribution >= 4 is 21.6 Å². The number of carbonyl (C=O) groups is 1. The minimum atomic E-state index is -3.84. The highest BCUT2D eigenvalue weighted by atomic mass is 32.2. The van der Waals surface area contributed by atoms with Gasteiger partial charge in [0.15, 0.2) is 0 Å². The number of nitrogens with zero attached hydrogens (tertiary/aromatic N) is 2. The average molecular weight is 404 g/mol. The molecule has 0 spiro atoms. The average Bonchev–Trinajstić information content (AvgIpc) is 3.20. The van der Waals surface area contributed by atoms with Crippen molar-refractivity contribution in [3.63, 3.8) is 0 Å². The molecule has 8 heteroatoms. The van der Waals surface area contributed by atoms with E-state index in [0.717, 1.165) is 40.6 Å². The maximum atomic E-state index is 12.7. The van der Waals surface area contributed by atoms with E-state index in [9.17, 15) is 18.0 Å². The van der Waals surface area contributed by atoms with Gasteiger partial charge in [-0.3, -0.25) is 9.59 Å². The molecule has 150 valence electrons. The van der Waals surface area contributed by atoms with Gasteiger partial charge in [-0.25, -0.2) is 8.42 Å². The Morgan fingerprint density at radius 2 is 1.86 bits per heavy atom.